The van der Waals surface area contributed by atoms with Crippen molar-refractivity contribution < 1.29 is 28.6 Å². The van der Waals surface area contributed by atoms with Crippen LogP contribution in [0.4, 0.5) is 0 Å². The molecule has 0 aliphatic rings. The van der Waals surface area contributed by atoms with Crippen molar-refractivity contribution in [2.45, 2.75) is 11.9 Å². The monoisotopic (exact) mass is 356 g/mol. The number of ether oxygens (including phenoxy) is 3. The Hall–Kier alpha value is -2.15. The zero-order chi connectivity index (χ0) is 15.7. The molecule has 7 heteroatoms. The first-order valence-corrected chi connectivity index (χ1v) is 6.90. The smallest absolute Gasteiger partial charge is 0.364 e. The van der Waals surface area contributed by atoms with Gasteiger partial charge in [-0.1, -0.05) is 18.2 Å². The van der Waals surface area contributed by atoms with E-state index in [0.29, 0.717) is 5.75 Å². The first-order valence-electron chi connectivity index (χ1n) is 5.99. The summed E-state index contributed by atoms with van der Waals surface area (Å²) < 4.78 is 14.3. The number of alkyl halides is 1. The third-order valence-electron chi connectivity index (χ3n) is 2.01. The summed E-state index contributed by atoms with van der Waals surface area (Å²) in [5.74, 6) is -2.02. The average Bonchev–Trinajstić information content (AvgIpc) is 2.46. The van der Waals surface area contributed by atoms with Crippen LogP contribution in [-0.2, 0) is 23.9 Å². The van der Waals surface area contributed by atoms with Crippen LogP contribution in [0.5, 0.6) is 5.75 Å². The minimum Gasteiger partial charge on any atom is -0.463 e. The normalized spacial score (nSPS) is 11.7. The van der Waals surface area contributed by atoms with Gasteiger partial charge in [-0.15, -0.1) is 0 Å². The number of carbonyl (C=O) groups excluding carboxylic acids is 3. The summed E-state index contributed by atoms with van der Waals surface area (Å²) in [5.41, 5.74) is 0. The second kappa shape index (κ2) is 8.91. The lowest BCUT2D eigenvalue weighted by atomic mass is 10.3. The van der Waals surface area contributed by atoms with Crippen molar-refractivity contribution in [3.05, 3.63) is 42.5 Å². The van der Waals surface area contributed by atoms with Gasteiger partial charge < -0.3 is 14.2 Å². The Morgan fingerprint density at radius 3 is 2.38 bits per heavy atom. The number of hydrogen-bond acceptors (Lipinski definition) is 6. The molecule has 0 aliphatic heterocycles. The molecule has 0 fully saturated rings. The van der Waals surface area contributed by atoms with E-state index in [1.165, 1.54) is 0 Å². The van der Waals surface area contributed by atoms with Gasteiger partial charge in [0.15, 0.2) is 0 Å². The Bertz CT molecular complexity index is 526. The van der Waals surface area contributed by atoms with Gasteiger partial charge >= 0.3 is 17.9 Å². The third kappa shape index (κ3) is 6.71. The maximum atomic E-state index is 11.6. The fourth-order valence-electron chi connectivity index (χ4n) is 1.17. The van der Waals surface area contributed by atoms with Crippen LogP contribution >= 0.6 is 15.9 Å². The molecule has 6 nitrogen and oxygen atoms in total. The van der Waals surface area contributed by atoms with Gasteiger partial charge in [0.25, 0.3) is 5.01 Å². The quantitative estimate of drug-likeness (QED) is 0.335. The van der Waals surface area contributed by atoms with E-state index in [2.05, 4.69) is 20.7 Å². The zero-order valence-electron chi connectivity index (χ0n) is 11.2. The maximum absolute atomic E-state index is 11.6. The predicted molar refractivity (Wildman–Crippen MR) is 76.7 cm³/mol. The highest BCUT2D eigenvalue weighted by Gasteiger charge is 2.20. The predicted octanol–water partition coefficient (Wildman–Crippen LogP) is 1.98. The number of esters is 3. The largest absolute Gasteiger partial charge is 0.463 e. The highest BCUT2D eigenvalue weighted by molar-refractivity contribution is 9.09. The molecule has 0 saturated heterocycles. The molecule has 1 aromatic rings. The van der Waals surface area contributed by atoms with Gasteiger partial charge in [0.05, 0.1) is 6.61 Å². The van der Waals surface area contributed by atoms with Gasteiger partial charge in [0.1, 0.15) is 5.75 Å². The Kier molecular flexibility index (Phi) is 7.17. The van der Waals surface area contributed by atoms with Crippen molar-refractivity contribution in [3.63, 3.8) is 0 Å². The SMILES string of the molecule is CCOC(=O)/C=C\C(=O)OC(Br)C(=O)Oc1ccccc1. The topological polar surface area (TPSA) is 78.9 Å². The van der Waals surface area contributed by atoms with E-state index in [0.717, 1.165) is 12.2 Å². The van der Waals surface area contributed by atoms with Gasteiger partial charge in [0, 0.05) is 12.2 Å². The third-order valence-corrected chi connectivity index (χ3v) is 2.57. The molecule has 0 aromatic heterocycles. The van der Waals surface area contributed by atoms with Crippen LogP contribution in [-0.4, -0.2) is 29.5 Å². The van der Waals surface area contributed by atoms with Crippen molar-refractivity contribution >= 4 is 33.8 Å². The van der Waals surface area contributed by atoms with Gasteiger partial charge in [0.2, 0.25) is 0 Å². The average molecular weight is 357 g/mol. The molecule has 112 valence electrons. The van der Waals surface area contributed by atoms with E-state index in [9.17, 15) is 14.4 Å². The van der Waals surface area contributed by atoms with Crippen molar-refractivity contribution in [2.75, 3.05) is 6.61 Å². The molecule has 1 aromatic carbocycles. The number of rotatable bonds is 6. The van der Waals surface area contributed by atoms with Crippen LogP contribution in [0.25, 0.3) is 0 Å². The van der Waals surface area contributed by atoms with Crippen LogP contribution in [0.3, 0.4) is 0 Å². The summed E-state index contributed by atoms with van der Waals surface area (Å²) in [6.45, 7) is 1.83. The Labute approximate surface area is 129 Å². The highest BCUT2D eigenvalue weighted by atomic mass is 79.9. The van der Waals surface area contributed by atoms with E-state index in [4.69, 9.17) is 9.47 Å². The molecule has 21 heavy (non-hydrogen) atoms. The molecule has 0 aliphatic carbocycles. The number of halogens is 1. The van der Waals surface area contributed by atoms with Crippen molar-refractivity contribution in [2.24, 2.45) is 0 Å². The van der Waals surface area contributed by atoms with E-state index >= 15 is 0 Å². The molecule has 1 atom stereocenters. The standard InChI is InChI=1S/C14H13BrO6/c1-2-19-11(16)8-9-12(17)21-13(15)14(18)20-10-6-4-3-5-7-10/h3-9,13H,2H2,1H3/b9-8-. The van der Waals surface area contributed by atoms with Crippen LogP contribution < -0.4 is 4.74 Å². The van der Waals surface area contributed by atoms with E-state index in [1.54, 1.807) is 37.3 Å². The van der Waals surface area contributed by atoms with Crippen LogP contribution in [0.15, 0.2) is 42.5 Å². The summed E-state index contributed by atoms with van der Waals surface area (Å²) in [7, 11) is 0. The molecule has 1 unspecified atom stereocenters. The van der Waals surface area contributed by atoms with Crippen molar-refractivity contribution in [3.8, 4) is 5.75 Å². The summed E-state index contributed by atoms with van der Waals surface area (Å²) in [5, 5.41) is -1.28. The summed E-state index contributed by atoms with van der Waals surface area (Å²) >= 11 is 2.87. The first-order chi connectivity index (χ1) is 10.0. The second-order valence-corrected chi connectivity index (χ2v) is 4.40. The summed E-state index contributed by atoms with van der Waals surface area (Å²) in [6.07, 6.45) is 1.77. The fraction of sp³-hybridized carbons (Fsp3) is 0.214. The Balaban J connectivity index is 2.45. The molecular weight excluding hydrogens is 344 g/mol. The van der Waals surface area contributed by atoms with Crippen LogP contribution in [0, 0.1) is 0 Å². The molecule has 0 bridgehead atoms. The summed E-state index contributed by atoms with van der Waals surface area (Å²) in [6, 6.07) is 8.32. The molecule has 0 spiro atoms. The minimum absolute atomic E-state index is 0.197. The highest BCUT2D eigenvalue weighted by Crippen LogP contribution is 2.12. The molecule has 0 heterocycles. The lowest BCUT2D eigenvalue weighted by Crippen LogP contribution is -2.25. The van der Waals surface area contributed by atoms with Crippen molar-refractivity contribution in [1.29, 1.82) is 0 Å². The lowest BCUT2D eigenvalue weighted by Gasteiger charge is -2.09. The van der Waals surface area contributed by atoms with Crippen LogP contribution in [0.1, 0.15) is 6.92 Å². The maximum Gasteiger partial charge on any atom is 0.364 e. The zero-order valence-corrected chi connectivity index (χ0v) is 12.7. The van der Waals surface area contributed by atoms with E-state index < -0.39 is 22.9 Å². The van der Waals surface area contributed by atoms with Gasteiger partial charge in [-0.05, 0) is 35.0 Å². The fourth-order valence-corrected chi connectivity index (χ4v) is 1.44. The molecule has 0 saturated carbocycles. The Morgan fingerprint density at radius 2 is 1.76 bits per heavy atom. The number of benzene rings is 1. The number of hydrogen-bond donors (Lipinski definition) is 0. The van der Waals surface area contributed by atoms with Gasteiger partial charge in [-0.2, -0.15) is 0 Å². The van der Waals surface area contributed by atoms with Crippen molar-refractivity contribution in [1.82, 2.24) is 0 Å². The molecule has 0 N–H and O–H groups in total. The van der Waals surface area contributed by atoms with Crippen LogP contribution in [0.2, 0.25) is 0 Å². The summed E-state index contributed by atoms with van der Waals surface area (Å²) in [4.78, 5) is 34.0. The minimum atomic E-state index is -1.28. The van der Waals surface area contributed by atoms with E-state index in [1.807, 2.05) is 0 Å². The molecule has 0 amide bonds. The van der Waals surface area contributed by atoms with Gasteiger partial charge in [-0.3, -0.25) is 0 Å². The molecular formula is C14H13BrO6. The number of carbonyl (C=O) groups is 3. The van der Waals surface area contributed by atoms with Gasteiger partial charge in [-0.25, -0.2) is 14.4 Å². The first kappa shape index (κ1) is 16.9. The molecule has 0 radical (unpaired) electrons. The van der Waals surface area contributed by atoms with E-state index in [-0.39, 0.29) is 6.61 Å². The second-order valence-electron chi connectivity index (χ2n) is 3.57. The number of para-hydroxylation sites is 1. The Morgan fingerprint density at radius 1 is 1.14 bits per heavy atom. The molecule has 1 rings (SSSR count). The lowest BCUT2D eigenvalue weighted by molar-refractivity contribution is -0.152.